The lowest BCUT2D eigenvalue weighted by Gasteiger charge is -2.29. The second kappa shape index (κ2) is 7.23. The number of aromatic nitrogens is 2. The molecule has 0 spiro atoms. The summed E-state index contributed by atoms with van der Waals surface area (Å²) in [5.74, 6) is 0.100. The number of alkyl halides is 3. The third-order valence-corrected chi connectivity index (χ3v) is 4.84. The van der Waals surface area contributed by atoms with Crippen molar-refractivity contribution in [2.45, 2.75) is 32.4 Å². The van der Waals surface area contributed by atoms with E-state index in [0.717, 1.165) is 43.8 Å². The van der Waals surface area contributed by atoms with Crippen molar-refractivity contribution in [3.63, 3.8) is 0 Å². The van der Waals surface area contributed by atoms with E-state index in [1.54, 1.807) is 6.07 Å². The molecule has 1 aromatic heterocycles. The van der Waals surface area contributed by atoms with Gasteiger partial charge < -0.3 is 10.0 Å². The summed E-state index contributed by atoms with van der Waals surface area (Å²) in [5, 5.41) is 18.4. The molecule has 3 rings (SSSR count). The Morgan fingerprint density at radius 1 is 1.23 bits per heavy atom. The Balaban J connectivity index is 1.80. The number of hydrogen-bond acceptors (Lipinski definition) is 4. The number of phenolic OH excluding ortho intramolecular Hbond substituents is 1. The predicted molar refractivity (Wildman–Crippen MR) is 92.8 cm³/mol. The number of hydrogen-bond donors (Lipinski definition) is 1. The minimum atomic E-state index is -4.50. The van der Waals surface area contributed by atoms with Gasteiger partial charge in [0.05, 0.1) is 17.0 Å². The molecule has 1 aliphatic rings. The van der Waals surface area contributed by atoms with Crippen molar-refractivity contribution in [1.29, 1.82) is 0 Å². The van der Waals surface area contributed by atoms with Crippen LogP contribution in [-0.4, -0.2) is 40.3 Å². The predicted octanol–water partition coefficient (Wildman–Crippen LogP) is 4.06. The zero-order valence-corrected chi connectivity index (χ0v) is 14.8. The summed E-state index contributed by atoms with van der Waals surface area (Å²) < 4.78 is 38.5. The highest BCUT2D eigenvalue weighted by molar-refractivity contribution is 5.71. The van der Waals surface area contributed by atoms with E-state index in [4.69, 9.17) is 0 Å². The molecule has 0 aliphatic carbocycles. The molecule has 1 aliphatic heterocycles. The van der Waals surface area contributed by atoms with Crippen molar-refractivity contribution < 1.29 is 18.3 Å². The maximum absolute atomic E-state index is 12.8. The number of phenols is 1. The van der Waals surface area contributed by atoms with Crippen molar-refractivity contribution in [3.8, 4) is 17.0 Å². The summed E-state index contributed by atoms with van der Waals surface area (Å²) in [6.07, 6.45) is -1.34. The van der Waals surface area contributed by atoms with Gasteiger partial charge in [0.2, 0.25) is 0 Å². The molecule has 2 heterocycles. The molecule has 0 saturated carbocycles. The fraction of sp³-hybridized carbons (Fsp3) is 0.474. The van der Waals surface area contributed by atoms with Crippen LogP contribution in [0, 0.1) is 12.8 Å². The minimum Gasteiger partial charge on any atom is -0.507 e. The number of likely N-dealkylation sites (tertiary alicyclic amines) is 1. The Morgan fingerprint density at radius 3 is 2.58 bits per heavy atom. The van der Waals surface area contributed by atoms with Crippen LogP contribution in [0.25, 0.3) is 11.3 Å². The Kier molecular flexibility index (Phi) is 5.18. The maximum atomic E-state index is 12.8. The Bertz CT molecular complexity index is 752. The average Bonchev–Trinajstić information content (AvgIpc) is 2.55. The molecular formula is C19H22F3N3O. The van der Waals surface area contributed by atoms with E-state index in [1.165, 1.54) is 13.3 Å². The van der Waals surface area contributed by atoms with Crippen molar-refractivity contribution >= 4 is 0 Å². The second-order valence-corrected chi connectivity index (χ2v) is 7.07. The van der Waals surface area contributed by atoms with Crippen molar-refractivity contribution in [1.82, 2.24) is 15.1 Å². The van der Waals surface area contributed by atoms with E-state index in [9.17, 15) is 18.3 Å². The molecule has 0 bridgehead atoms. The number of nitrogens with zero attached hydrogens (tertiary/aromatic N) is 3. The molecule has 7 heteroatoms. The number of aryl methyl sites for hydroxylation is 1. The van der Waals surface area contributed by atoms with Crippen LogP contribution in [0.1, 0.15) is 29.7 Å². The van der Waals surface area contributed by atoms with Gasteiger partial charge in [-0.15, -0.1) is 0 Å². The van der Waals surface area contributed by atoms with Crippen LogP contribution in [0.3, 0.4) is 0 Å². The van der Waals surface area contributed by atoms with Crippen molar-refractivity contribution in [2.24, 2.45) is 5.92 Å². The zero-order chi connectivity index (χ0) is 18.9. The largest absolute Gasteiger partial charge is 0.507 e. The van der Waals surface area contributed by atoms with Gasteiger partial charge in [-0.05, 0) is 75.5 Å². The van der Waals surface area contributed by atoms with Crippen molar-refractivity contribution in [2.75, 3.05) is 20.1 Å². The molecule has 140 valence electrons. The third-order valence-electron chi connectivity index (χ3n) is 4.84. The van der Waals surface area contributed by atoms with Crippen LogP contribution >= 0.6 is 0 Å². The van der Waals surface area contributed by atoms with E-state index >= 15 is 0 Å². The third kappa shape index (κ3) is 4.15. The molecule has 1 fully saturated rings. The molecule has 1 saturated heterocycles. The fourth-order valence-corrected chi connectivity index (χ4v) is 3.60. The van der Waals surface area contributed by atoms with Crippen LogP contribution in [-0.2, 0) is 12.6 Å². The first kappa shape index (κ1) is 18.6. The van der Waals surface area contributed by atoms with E-state index in [0.29, 0.717) is 17.2 Å². The lowest BCUT2D eigenvalue weighted by Crippen LogP contribution is -2.33. The van der Waals surface area contributed by atoms with Gasteiger partial charge in [-0.1, -0.05) is 0 Å². The lowest BCUT2D eigenvalue weighted by atomic mass is 9.93. The van der Waals surface area contributed by atoms with E-state index < -0.39 is 17.5 Å². The SMILES string of the molecule is Cc1cc(C(F)(F)F)cc(O)c1-c1ccc(CC2CCCN(C)C2)nn1. The van der Waals surface area contributed by atoms with Gasteiger partial charge in [0.15, 0.2) is 0 Å². The first-order valence-corrected chi connectivity index (χ1v) is 8.66. The molecule has 1 atom stereocenters. The topological polar surface area (TPSA) is 49.2 Å². The van der Waals surface area contributed by atoms with Crippen LogP contribution in [0.4, 0.5) is 13.2 Å². The minimum absolute atomic E-state index is 0.287. The van der Waals surface area contributed by atoms with Crippen LogP contribution in [0.5, 0.6) is 5.75 Å². The van der Waals surface area contributed by atoms with Gasteiger partial charge in [0.25, 0.3) is 0 Å². The highest BCUT2D eigenvalue weighted by atomic mass is 19.4. The normalized spacial score (nSPS) is 18.9. The maximum Gasteiger partial charge on any atom is 0.416 e. The van der Waals surface area contributed by atoms with Crippen LogP contribution < -0.4 is 0 Å². The van der Waals surface area contributed by atoms with Gasteiger partial charge >= 0.3 is 6.18 Å². The first-order valence-electron chi connectivity index (χ1n) is 8.66. The van der Waals surface area contributed by atoms with Gasteiger partial charge in [-0.3, -0.25) is 0 Å². The quantitative estimate of drug-likeness (QED) is 0.891. The average molecular weight is 365 g/mol. The molecule has 1 unspecified atom stereocenters. The fourth-order valence-electron chi connectivity index (χ4n) is 3.60. The molecule has 26 heavy (non-hydrogen) atoms. The summed E-state index contributed by atoms with van der Waals surface area (Å²) in [7, 11) is 2.11. The van der Waals surface area contributed by atoms with Gasteiger partial charge in [-0.2, -0.15) is 23.4 Å². The van der Waals surface area contributed by atoms with E-state index in [-0.39, 0.29) is 5.56 Å². The molecule has 0 amide bonds. The molecular weight excluding hydrogens is 343 g/mol. The lowest BCUT2D eigenvalue weighted by molar-refractivity contribution is -0.137. The van der Waals surface area contributed by atoms with Gasteiger partial charge in [0.1, 0.15) is 5.75 Å². The Hall–Kier alpha value is -2.15. The first-order chi connectivity index (χ1) is 12.2. The van der Waals surface area contributed by atoms with Gasteiger partial charge in [0, 0.05) is 12.1 Å². The van der Waals surface area contributed by atoms with Gasteiger partial charge in [-0.25, -0.2) is 0 Å². The summed E-state index contributed by atoms with van der Waals surface area (Å²) in [4.78, 5) is 2.31. The Labute approximate surface area is 150 Å². The molecule has 0 radical (unpaired) electrons. The van der Waals surface area contributed by atoms with E-state index in [1.807, 2.05) is 6.07 Å². The Morgan fingerprint density at radius 2 is 2.00 bits per heavy atom. The van der Waals surface area contributed by atoms with Crippen LogP contribution in [0.2, 0.25) is 0 Å². The number of piperidine rings is 1. The molecule has 4 nitrogen and oxygen atoms in total. The highest BCUT2D eigenvalue weighted by Crippen LogP contribution is 2.38. The molecule has 2 aromatic rings. The van der Waals surface area contributed by atoms with Crippen LogP contribution in [0.15, 0.2) is 24.3 Å². The second-order valence-electron chi connectivity index (χ2n) is 7.07. The summed E-state index contributed by atoms with van der Waals surface area (Å²) in [6, 6.07) is 5.30. The number of benzene rings is 1. The smallest absolute Gasteiger partial charge is 0.416 e. The monoisotopic (exact) mass is 365 g/mol. The molecule has 1 N–H and O–H groups in total. The van der Waals surface area contributed by atoms with Crippen molar-refractivity contribution in [3.05, 3.63) is 41.1 Å². The summed E-state index contributed by atoms with van der Waals surface area (Å²) in [6.45, 7) is 3.67. The highest BCUT2D eigenvalue weighted by Gasteiger charge is 2.32. The summed E-state index contributed by atoms with van der Waals surface area (Å²) in [5.41, 5.74) is 0.960. The molecule has 1 aromatic carbocycles. The standard InChI is InChI=1S/C19H22F3N3O/c1-12-8-14(19(20,21)22)10-17(26)18(12)16-6-5-15(23-24-16)9-13-4-3-7-25(2)11-13/h5-6,8,10,13,26H,3-4,7,9,11H2,1-2H3. The van der Waals surface area contributed by atoms with E-state index in [2.05, 4.69) is 22.1 Å². The summed E-state index contributed by atoms with van der Waals surface area (Å²) >= 11 is 0. The zero-order valence-electron chi connectivity index (χ0n) is 14.8. The number of rotatable bonds is 3. The number of aromatic hydroxyl groups is 1. The number of halogens is 3.